The molecule has 1 aliphatic heterocycles. The predicted molar refractivity (Wildman–Crippen MR) is 39.4 cm³/mol. The maximum absolute atomic E-state index is 10.6. The molecule has 1 saturated heterocycles. The maximum Gasteiger partial charge on any atom is 0.310 e. The lowest BCUT2D eigenvalue weighted by Crippen LogP contribution is -2.37. The van der Waals surface area contributed by atoms with Crippen LogP contribution in [0.1, 0.15) is 0 Å². The second-order valence-electron chi connectivity index (χ2n) is 2.22. The number of carboxylic acids is 1. The summed E-state index contributed by atoms with van der Waals surface area (Å²) in [4.78, 5) is 20.9. The van der Waals surface area contributed by atoms with E-state index in [2.05, 4.69) is 5.32 Å². The molecule has 1 amide bonds. The highest BCUT2D eigenvalue weighted by atomic mass is 35.5. The van der Waals surface area contributed by atoms with Gasteiger partial charge in [-0.2, -0.15) is 0 Å². The van der Waals surface area contributed by atoms with Crippen molar-refractivity contribution in [3.05, 3.63) is 0 Å². The van der Waals surface area contributed by atoms with Crippen LogP contribution in [0.2, 0.25) is 0 Å². The van der Waals surface area contributed by atoms with E-state index in [9.17, 15) is 9.59 Å². The fourth-order valence-electron chi connectivity index (χ4n) is 0.879. The van der Waals surface area contributed by atoms with Crippen molar-refractivity contribution in [3.8, 4) is 0 Å². The molecule has 2 atom stereocenters. The van der Waals surface area contributed by atoms with Crippen LogP contribution in [-0.4, -0.2) is 29.6 Å². The van der Waals surface area contributed by atoms with Gasteiger partial charge in [0.15, 0.2) is 0 Å². The molecule has 0 saturated carbocycles. The number of rotatable bonds is 1. The molecule has 0 spiro atoms. The largest absolute Gasteiger partial charge is 0.481 e. The van der Waals surface area contributed by atoms with Crippen LogP contribution in [0.3, 0.4) is 0 Å². The fraction of sp³-hybridized carbons (Fsp3) is 0.600. The Morgan fingerprint density at radius 3 is 2.45 bits per heavy atom. The van der Waals surface area contributed by atoms with Gasteiger partial charge < -0.3 is 16.2 Å². The van der Waals surface area contributed by atoms with Gasteiger partial charge in [0.1, 0.15) is 0 Å². The lowest BCUT2D eigenvalue weighted by atomic mass is 10.1. The van der Waals surface area contributed by atoms with Gasteiger partial charge in [-0.05, 0) is 0 Å². The van der Waals surface area contributed by atoms with E-state index in [1.165, 1.54) is 0 Å². The van der Waals surface area contributed by atoms with Crippen molar-refractivity contribution in [2.24, 2.45) is 11.7 Å². The van der Waals surface area contributed by atoms with Crippen LogP contribution in [0.15, 0.2) is 0 Å². The summed E-state index contributed by atoms with van der Waals surface area (Å²) in [6, 6.07) is -0.877. The number of hydrogen-bond acceptors (Lipinski definition) is 3. The summed E-state index contributed by atoms with van der Waals surface area (Å²) in [5.41, 5.74) is 5.23. The minimum absolute atomic E-state index is 0. The van der Waals surface area contributed by atoms with Crippen LogP contribution in [0.25, 0.3) is 0 Å². The normalized spacial score (nSPS) is 29.0. The van der Waals surface area contributed by atoms with E-state index in [4.69, 9.17) is 10.8 Å². The molecule has 4 N–H and O–H groups in total. The lowest BCUT2D eigenvalue weighted by molar-refractivity contribution is -0.142. The standard InChI is InChI=1S/C5H8N2O3.ClH/c6-3-2(5(9)10)1-7-4(3)8;/h2-3H,1,6H2,(H,7,8)(H,9,10);1H/t2-,3-;/m1./s1. The Kier molecular flexibility index (Phi) is 3.28. The van der Waals surface area contributed by atoms with E-state index < -0.39 is 17.9 Å². The highest BCUT2D eigenvalue weighted by molar-refractivity contribution is 5.90. The molecule has 6 heteroatoms. The van der Waals surface area contributed by atoms with E-state index in [0.29, 0.717) is 0 Å². The van der Waals surface area contributed by atoms with Crippen molar-refractivity contribution in [1.29, 1.82) is 0 Å². The molecule has 5 nitrogen and oxygen atoms in total. The summed E-state index contributed by atoms with van der Waals surface area (Å²) in [6.45, 7) is 0.148. The van der Waals surface area contributed by atoms with Gasteiger partial charge in [-0.15, -0.1) is 12.4 Å². The summed E-state index contributed by atoms with van der Waals surface area (Å²) in [6.07, 6.45) is 0. The fourth-order valence-corrected chi connectivity index (χ4v) is 0.879. The molecule has 1 aliphatic rings. The molecule has 0 bridgehead atoms. The maximum atomic E-state index is 10.6. The summed E-state index contributed by atoms with van der Waals surface area (Å²) in [7, 11) is 0. The zero-order chi connectivity index (χ0) is 7.72. The van der Waals surface area contributed by atoms with Gasteiger partial charge in [0.2, 0.25) is 5.91 Å². The second kappa shape index (κ2) is 3.54. The Morgan fingerprint density at radius 1 is 1.73 bits per heavy atom. The van der Waals surface area contributed by atoms with E-state index in [-0.39, 0.29) is 24.9 Å². The molecule has 0 unspecified atom stereocenters. The van der Waals surface area contributed by atoms with E-state index in [1.54, 1.807) is 0 Å². The van der Waals surface area contributed by atoms with Crippen LogP contribution >= 0.6 is 12.4 Å². The minimum Gasteiger partial charge on any atom is -0.481 e. The monoisotopic (exact) mass is 180 g/mol. The number of halogens is 1. The Morgan fingerprint density at radius 2 is 2.27 bits per heavy atom. The third kappa shape index (κ3) is 1.81. The molecule has 1 heterocycles. The zero-order valence-corrected chi connectivity index (χ0v) is 6.43. The van der Waals surface area contributed by atoms with Crippen LogP contribution in [0.5, 0.6) is 0 Å². The number of aliphatic carboxylic acids is 1. The molecule has 1 rings (SSSR count). The van der Waals surface area contributed by atoms with Crippen molar-refractivity contribution in [2.75, 3.05) is 6.54 Å². The van der Waals surface area contributed by atoms with Crippen molar-refractivity contribution >= 4 is 24.3 Å². The third-order valence-corrected chi connectivity index (χ3v) is 1.55. The molecule has 0 aliphatic carbocycles. The van der Waals surface area contributed by atoms with E-state index >= 15 is 0 Å². The van der Waals surface area contributed by atoms with Crippen LogP contribution in [-0.2, 0) is 9.59 Å². The number of nitrogens with one attached hydrogen (secondary N) is 1. The molecule has 0 aromatic rings. The summed E-state index contributed by atoms with van der Waals surface area (Å²) in [5, 5.41) is 10.8. The number of amides is 1. The smallest absolute Gasteiger partial charge is 0.310 e. The average molecular weight is 181 g/mol. The molecule has 64 valence electrons. The Balaban J connectivity index is 0.000001000. The number of carbonyl (C=O) groups excluding carboxylic acids is 1. The van der Waals surface area contributed by atoms with Gasteiger partial charge in [0, 0.05) is 6.54 Å². The second-order valence-corrected chi connectivity index (χ2v) is 2.22. The summed E-state index contributed by atoms with van der Waals surface area (Å²) >= 11 is 0. The molecule has 0 aromatic heterocycles. The van der Waals surface area contributed by atoms with Crippen molar-refractivity contribution in [1.82, 2.24) is 5.32 Å². The number of hydrogen-bond donors (Lipinski definition) is 3. The van der Waals surface area contributed by atoms with E-state index in [0.717, 1.165) is 0 Å². The van der Waals surface area contributed by atoms with Crippen LogP contribution in [0.4, 0.5) is 0 Å². The number of nitrogens with two attached hydrogens (primary N) is 1. The molecule has 0 aromatic carbocycles. The van der Waals surface area contributed by atoms with Gasteiger partial charge in [-0.25, -0.2) is 0 Å². The van der Waals surface area contributed by atoms with Gasteiger partial charge in [0.05, 0.1) is 12.0 Å². The Labute approximate surface area is 69.4 Å². The quantitative estimate of drug-likeness (QED) is 0.461. The van der Waals surface area contributed by atoms with Crippen molar-refractivity contribution in [2.45, 2.75) is 6.04 Å². The molecule has 0 radical (unpaired) electrons. The number of carboxylic acid groups (broad SMARTS) is 1. The van der Waals surface area contributed by atoms with Gasteiger partial charge in [-0.1, -0.05) is 0 Å². The first kappa shape index (κ1) is 10.2. The SMILES string of the molecule is Cl.N[C@H]1C(=O)NC[C@H]1C(=O)O. The third-order valence-electron chi connectivity index (χ3n) is 1.55. The molecular weight excluding hydrogens is 172 g/mol. The Bertz CT molecular complexity index is 185. The van der Waals surface area contributed by atoms with Crippen LogP contribution < -0.4 is 11.1 Å². The first-order valence-electron chi connectivity index (χ1n) is 2.89. The van der Waals surface area contributed by atoms with Gasteiger partial charge >= 0.3 is 5.97 Å². The predicted octanol–water partition coefficient (Wildman–Crippen LogP) is -1.43. The first-order chi connectivity index (χ1) is 4.63. The topological polar surface area (TPSA) is 92.4 Å². The summed E-state index contributed by atoms with van der Waals surface area (Å²) in [5.74, 6) is -2.16. The highest BCUT2D eigenvalue weighted by Gasteiger charge is 2.36. The zero-order valence-electron chi connectivity index (χ0n) is 5.61. The lowest BCUT2D eigenvalue weighted by Gasteiger charge is -2.04. The van der Waals surface area contributed by atoms with Gasteiger partial charge in [0.25, 0.3) is 0 Å². The van der Waals surface area contributed by atoms with Crippen molar-refractivity contribution in [3.63, 3.8) is 0 Å². The van der Waals surface area contributed by atoms with Gasteiger partial charge in [-0.3, -0.25) is 9.59 Å². The Hall–Kier alpha value is -0.810. The average Bonchev–Trinajstić information content (AvgIpc) is 2.14. The highest BCUT2D eigenvalue weighted by Crippen LogP contribution is 2.06. The molecule has 11 heavy (non-hydrogen) atoms. The molecule has 1 fully saturated rings. The first-order valence-corrected chi connectivity index (χ1v) is 2.89. The van der Waals surface area contributed by atoms with E-state index in [1.807, 2.05) is 0 Å². The summed E-state index contributed by atoms with van der Waals surface area (Å²) < 4.78 is 0. The minimum atomic E-state index is -1.02. The number of carbonyl (C=O) groups is 2. The van der Waals surface area contributed by atoms with Crippen LogP contribution in [0, 0.1) is 5.92 Å². The molecular formula is C5H9ClN2O3. The van der Waals surface area contributed by atoms with Crippen molar-refractivity contribution < 1.29 is 14.7 Å².